The van der Waals surface area contributed by atoms with Gasteiger partial charge in [0.2, 0.25) is 0 Å². The second kappa shape index (κ2) is 4.98. The van der Waals surface area contributed by atoms with Gasteiger partial charge in [-0.25, -0.2) is 8.42 Å². The summed E-state index contributed by atoms with van der Waals surface area (Å²) >= 11 is 0. The predicted molar refractivity (Wildman–Crippen MR) is 66.0 cm³/mol. The van der Waals surface area contributed by atoms with Gasteiger partial charge in [0.25, 0.3) is 5.25 Å². The van der Waals surface area contributed by atoms with Gasteiger partial charge in [-0.05, 0) is 12.5 Å². The number of nitrogens with two attached hydrogens (primary N) is 1. The van der Waals surface area contributed by atoms with Crippen molar-refractivity contribution in [2.45, 2.75) is 17.0 Å². The van der Waals surface area contributed by atoms with E-state index >= 15 is 0 Å². The second-order valence-electron chi connectivity index (χ2n) is 4.07. The summed E-state index contributed by atoms with van der Waals surface area (Å²) in [5.74, 6) is -3.94. The first-order chi connectivity index (χ1) is 8.62. The lowest BCUT2D eigenvalue weighted by Crippen LogP contribution is -2.52. The maximum absolute atomic E-state index is 12.1. The quantitative estimate of drug-likeness (QED) is 0.636. The van der Waals surface area contributed by atoms with Crippen LogP contribution < -0.4 is 5.73 Å². The SMILES string of the molecule is CC(N)(c1ccccc1)S(=O)(=O)C(C(=O)O)C(=O)O. The predicted octanol–water partition coefficient (Wildman–Crippen LogP) is -0.229. The maximum Gasteiger partial charge on any atom is 0.333 e. The molecule has 1 unspecified atom stereocenters. The van der Waals surface area contributed by atoms with E-state index in [0.29, 0.717) is 0 Å². The molecule has 7 nitrogen and oxygen atoms in total. The van der Waals surface area contributed by atoms with Crippen LogP contribution in [0.1, 0.15) is 12.5 Å². The number of carbonyl (C=O) groups is 2. The molecular weight excluding hydrogens is 274 g/mol. The van der Waals surface area contributed by atoms with E-state index in [1.807, 2.05) is 0 Å². The van der Waals surface area contributed by atoms with E-state index in [-0.39, 0.29) is 5.56 Å². The number of hydrogen-bond acceptors (Lipinski definition) is 5. The highest BCUT2D eigenvalue weighted by Crippen LogP contribution is 2.28. The van der Waals surface area contributed by atoms with Crippen molar-refractivity contribution in [1.82, 2.24) is 0 Å². The smallest absolute Gasteiger partial charge is 0.333 e. The van der Waals surface area contributed by atoms with Crippen molar-refractivity contribution in [2.75, 3.05) is 0 Å². The number of carboxylic acids is 2. The van der Waals surface area contributed by atoms with Gasteiger partial charge in [0, 0.05) is 0 Å². The maximum atomic E-state index is 12.1. The zero-order valence-electron chi connectivity index (χ0n) is 9.98. The molecule has 0 fully saturated rings. The van der Waals surface area contributed by atoms with Crippen LogP contribution in [0.15, 0.2) is 30.3 Å². The first-order valence-corrected chi connectivity index (χ1v) is 6.70. The first-order valence-electron chi connectivity index (χ1n) is 5.16. The fourth-order valence-electron chi connectivity index (χ4n) is 1.55. The lowest BCUT2D eigenvalue weighted by atomic mass is 10.1. The fourth-order valence-corrected chi connectivity index (χ4v) is 3.03. The van der Waals surface area contributed by atoms with Gasteiger partial charge in [-0.15, -0.1) is 0 Å². The molecular formula is C11H13NO6S. The standard InChI is InChI=1S/C11H13NO6S/c1-11(12,7-5-3-2-4-6-7)19(17,18)8(9(13)14)10(15)16/h2-6,8H,12H2,1H3,(H,13,14)(H,15,16). The van der Waals surface area contributed by atoms with Gasteiger partial charge in [-0.2, -0.15) is 0 Å². The van der Waals surface area contributed by atoms with E-state index in [0.717, 1.165) is 6.92 Å². The van der Waals surface area contributed by atoms with E-state index in [1.165, 1.54) is 24.3 Å². The zero-order chi connectivity index (χ0) is 14.8. The topological polar surface area (TPSA) is 135 Å². The minimum absolute atomic E-state index is 0.113. The van der Waals surface area contributed by atoms with E-state index in [4.69, 9.17) is 15.9 Å². The monoisotopic (exact) mass is 287 g/mol. The molecule has 0 spiro atoms. The number of hydrogen-bond donors (Lipinski definition) is 3. The van der Waals surface area contributed by atoms with Crippen LogP contribution in [0, 0.1) is 0 Å². The number of rotatable bonds is 5. The van der Waals surface area contributed by atoms with E-state index in [1.54, 1.807) is 6.07 Å². The Labute approximate surface area is 109 Å². The second-order valence-corrected chi connectivity index (χ2v) is 6.48. The number of sulfone groups is 1. The summed E-state index contributed by atoms with van der Waals surface area (Å²) in [6.07, 6.45) is 0. The van der Waals surface area contributed by atoms with Crippen LogP contribution >= 0.6 is 0 Å². The van der Waals surface area contributed by atoms with Crippen molar-refractivity contribution < 1.29 is 28.2 Å². The van der Waals surface area contributed by atoms with Gasteiger partial charge in [-0.1, -0.05) is 30.3 Å². The number of aliphatic carboxylic acids is 2. The first kappa shape index (κ1) is 15.1. The van der Waals surface area contributed by atoms with Crippen LogP contribution in [0.5, 0.6) is 0 Å². The Morgan fingerprint density at radius 1 is 1.16 bits per heavy atom. The highest BCUT2D eigenvalue weighted by Gasteiger charge is 2.50. The van der Waals surface area contributed by atoms with Crippen molar-refractivity contribution in [3.05, 3.63) is 35.9 Å². The summed E-state index contributed by atoms with van der Waals surface area (Å²) in [5.41, 5.74) is 5.79. The van der Waals surface area contributed by atoms with Crippen LogP contribution in [0.2, 0.25) is 0 Å². The molecule has 0 amide bonds. The third-order valence-corrected chi connectivity index (χ3v) is 5.14. The molecule has 0 aliphatic rings. The van der Waals surface area contributed by atoms with E-state index < -0.39 is 31.9 Å². The lowest BCUT2D eigenvalue weighted by molar-refractivity contribution is -0.146. The van der Waals surface area contributed by atoms with E-state index in [2.05, 4.69) is 0 Å². The third kappa shape index (κ3) is 2.59. The van der Waals surface area contributed by atoms with Gasteiger partial charge in [-0.3, -0.25) is 9.59 Å². The number of benzene rings is 1. The Bertz CT molecular complexity index is 579. The zero-order valence-corrected chi connectivity index (χ0v) is 10.8. The normalized spacial score (nSPS) is 14.9. The van der Waals surface area contributed by atoms with Crippen molar-refractivity contribution in [3.8, 4) is 0 Å². The summed E-state index contributed by atoms with van der Waals surface area (Å²) in [6.45, 7) is 1.07. The Morgan fingerprint density at radius 2 is 1.58 bits per heavy atom. The molecule has 104 valence electrons. The average Bonchev–Trinajstić information content (AvgIpc) is 2.28. The highest BCUT2D eigenvalue weighted by atomic mass is 32.2. The third-order valence-electron chi connectivity index (χ3n) is 2.70. The molecule has 1 rings (SSSR count). The molecule has 1 atom stereocenters. The fraction of sp³-hybridized carbons (Fsp3) is 0.273. The Kier molecular flexibility index (Phi) is 3.97. The minimum atomic E-state index is -4.67. The van der Waals surface area contributed by atoms with Crippen LogP contribution in [-0.4, -0.2) is 35.8 Å². The summed E-state index contributed by atoms with van der Waals surface area (Å²) in [4.78, 5) is 19.6. The van der Waals surface area contributed by atoms with Gasteiger partial charge >= 0.3 is 11.9 Å². The molecule has 0 bridgehead atoms. The Morgan fingerprint density at radius 3 is 1.95 bits per heavy atom. The van der Waals surface area contributed by atoms with Gasteiger partial charge < -0.3 is 15.9 Å². The number of carboxylic acid groups (broad SMARTS) is 2. The highest BCUT2D eigenvalue weighted by molar-refractivity contribution is 7.94. The Hall–Kier alpha value is -1.93. The molecule has 8 heteroatoms. The molecule has 0 saturated carbocycles. The van der Waals surface area contributed by atoms with Crippen LogP contribution in [0.25, 0.3) is 0 Å². The van der Waals surface area contributed by atoms with Gasteiger partial charge in [0.05, 0.1) is 0 Å². The average molecular weight is 287 g/mol. The molecule has 19 heavy (non-hydrogen) atoms. The molecule has 0 aromatic heterocycles. The largest absolute Gasteiger partial charge is 0.480 e. The lowest BCUT2D eigenvalue weighted by Gasteiger charge is -2.27. The molecule has 0 heterocycles. The van der Waals surface area contributed by atoms with E-state index in [9.17, 15) is 18.0 Å². The van der Waals surface area contributed by atoms with Crippen molar-refractivity contribution >= 4 is 21.8 Å². The summed E-state index contributed by atoms with van der Waals surface area (Å²) in [6, 6.07) is 7.44. The molecule has 0 aliphatic heterocycles. The van der Waals surface area contributed by atoms with Crippen molar-refractivity contribution in [2.24, 2.45) is 5.73 Å². The molecule has 4 N–H and O–H groups in total. The minimum Gasteiger partial charge on any atom is -0.480 e. The van der Waals surface area contributed by atoms with Crippen LogP contribution in [0.4, 0.5) is 0 Å². The molecule has 0 radical (unpaired) electrons. The Balaban J connectivity index is 3.41. The molecule has 0 saturated heterocycles. The van der Waals surface area contributed by atoms with Crippen LogP contribution in [0.3, 0.4) is 0 Å². The summed E-state index contributed by atoms with van der Waals surface area (Å²) in [7, 11) is -4.67. The van der Waals surface area contributed by atoms with Crippen LogP contribution in [-0.2, 0) is 24.3 Å². The van der Waals surface area contributed by atoms with Crippen molar-refractivity contribution in [3.63, 3.8) is 0 Å². The molecule has 1 aromatic carbocycles. The summed E-state index contributed by atoms with van der Waals surface area (Å²) < 4.78 is 24.3. The molecule has 1 aromatic rings. The van der Waals surface area contributed by atoms with Crippen molar-refractivity contribution in [1.29, 1.82) is 0 Å². The van der Waals surface area contributed by atoms with Gasteiger partial charge in [0.15, 0.2) is 9.84 Å². The van der Waals surface area contributed by atoms with Gasteiger partial charge in [0.1, 0.15) is 4.87 Å². The molecule has 0 aliphatic carbocycles. The summed E-state index contributed by atoms with van der Waals surface area (Å²) in [5, 5.41) is 14.9.